The molecule has 1 fully saturated rings. The summed E-state index contributed by atoms with van der Waals surface area (Å²) in [6, 6.07) is 30.4. The van der Waals surface area contributed by atoms with Gasteiger partial charge >= 0.3 is 0 Å². The van der Waals surface area contributed by atoms with Crippen molar-refractivity contribution in [2.45, 2.75) is 50.7 Å². The molecule has 5 nitrogen and oxygen atoms in total. The molecule has 200 valence electrons. The van der Waals surface area contributed by atoms with Gasteiger partial charge in [-0.1, -0.05) is 103 Å². The van der Waals surface area contributed by atoms with E-state index in [1.165, 1.54) is 0 Å². The molecule has 1 aliphatic rings. The smallest absolute Gasteiger partial charge is 0.261 e. The number of rotatable bonds is 10. The van der Waals surface area contributed by atoms with E-state index in [1.54, 1.807) is 17.0 Å². The predicted molar refractivity (Wildman–Crippen MR) is 156 cm³/mol. The average Bonchev–Trinajstić information content (AvgIpc) is 3.48. The first-order valence-electron chi connectivity index (χ1n) is 13.6. The Morgan fingerprint density at radius 3 is 2.31 bits per heavy atom. The average molecular weight is 541 g/mol. The zero-order valence-corrected chi connectivity index (χ0v) is 22.6. The molecule has 0 saturated heterocycles. The summed E-state index contributed by atoms with van der Waals surface area (Å²) >= 11 is 6.13. The summed E-state index contributed by atoms with van der Waals surface area (Å²) in [5.41, 5.74) is 1.89. The summed E-state index contributed by atoms with van der Waals surface area (Å²) < 4.78 is 6.09. The number of ether oxygens (including phenoxy) is 1. The monoisotopic (exact) mass is 540 g/mol. The van der Waals surface area contributed by atoms with E-state index in [9.17, 15) is 9.59 Å². The van der Waals surface area contributed by atoms with Gasteiger partial charge in [-0.2, -0.15) is 0 Å². The van der Waals surface area contributed by atoms with E-state index in [4.69, 9.17) is 16.3 Å². The second-order valence-corrected chi connectivity index (χ2v) is 10.5. The van der Waals surface area contributed by atoms with Crippen LogP contribution in [0.2, 0.25) is 5.02 Å². The normalized spacial score (nSPS) is 14.2. The van der Waals surface area contributed by atoms with E-state index in [0.29, 0.717) is 17.2 Å². The van der Waals surface area contributed by atoms with Gasteiger partial charge in [0.05, 0.1) is 0 Å². The van der Waals surface area contributed by atoms with Crippen LogP contribution in [0.1, 0.15) is 36.8 Å². The molecule has 2 amide bonds. The number of hydrogen-bond acceptors (Lipinski definition) is 3. The largest absolute Gasteiger partial charge is 0.483 e. The van der Waals surface area contributed by atoms with E-state index in [-0.39, 0.29) is 31.0 Å². The topological polar surface area (TPSA) is 58.6 Å². The molecular formula is C33H33ClN2O3. The fourth-order valence-electron chi connectivity index (χ4n) is 5.25. The van der Waals surface area contributed by atoms with Crippen LogP contribution >= 0.6 is 11.6 Å². The quantitative estimate of drug-likeness (QED) is 0.247. The third-order valence-corrected chi connectivity index (χ3v) is 7.59. The van der Waals surface area contributed by atoms with Crippen molar-refractivity contribution in [2.24, 2.45) is 0 Å². The molecule has 1 N–H and O–H groups in total. The van der Waals surface area contributed by atoms with E-state index in [2.05, 4.69) is 5.32 Å². The number of amides is 2. The first kappa shape index (κ1) is 26.8. The van der Waals surface area contributed by atoms with Crippen LogP contribution in [0.5, 0.6) is 5.75 Å². The van der Waals surface area contributed by atoms with Crippen LogP contribution in [0.15, 0.2) is 97.1 Å². The zero-order chi connectivity index (χ0) is 27.0. The lowest BCUT2D eigenvalue weighted by Gasteiger charge is -2.32. The van der Waals surface area contributed by atoms with Crippen molar-refractivity contribution in [2.75, 3.05) is 6.61 Å². The first-order chi connectivity index (χ1) is 19.1. The molecule has 4 aromatic carbocycles. The third-order valence-electron chi connectivity index (χ3n) is 7.34. The molecule has 1 unspecified atom stereocenters. The minimum Gasteiger partial charge on any atom is -0.483 e. The van der Waals surface area contributed by atoms with Crippen molar-refractivity contribution in [1.29, 1.82) is 0 Å². The molecule has 39 heavy (non-hydrogen) atoms. The fourth-order valence-corrected chi connectivity index (χ4v) is 5.38. The summed E-state index contributed by atoms with van der Waals surface area (Å²) in [7, 11) is 0. The van der Waals surface area contributed by atoms with Crippen LogP contribution in [-0.4, -0.2) is 35.4 Å². The molecule has 4 aromatic rings. The van der Waals surface area contributed by atoms with Gasteiger partial charge in [-0.05, 0) is 47.6 Å². The van der Waals surface area contributed by atoms with Gasteiger partial charge in [0.25, 0.3) is 5.91 Å². The second-order valence-electron chi connectivity index (χ2n) is 10.1. The van der Waals surface area contributed by atoms with E-state index >= 15 is 0 Å². The van der Waals surface area contributed by atoms with Crippen molar-refractivity contribution in [1.82, 2.24) is 10.2 Å². The molecular weight excluding hydrogens is 508 g/mol. The maximum absolute atomic E-state index is 13.9. The minimum atomic E-state index is -0.688. The van der Waals surface area contributed by atoms with E-state index in [0.717, 1.165) is 47.6 Å². The number of nitrogens with zero attached hydrogens (tertiary/aromatic N) is 1. The van der Waals surface area contributed by atoms with E-state index in [1.807, 2.05) is 84.9 Å². The summed E-state index contributed by atoms with van der Waals surface area (Å²) in [6.45, 7) is 0.0914. The Hall–Kier alpha value is -3.83. The Kier molecular flexibility index (Phi) is 8.79. The van der Waals surface area contributed by atoms with Gasteiger partial charge in [0.15, 0.2) is 6.61 Å². The van der Waals surface area contributed by atoms with Crippen molar-refractivity contribution in [3.63, 3.8) is 0 Å². The number of fused-ring (bicyclic) bond motifs is 1. The van der Waals surface area contributed by atoms with Gasteiger partial charge < -0.3 is 15.0 Å². The number of carbonyl (C=O) groups excluding carboxylic acids is 2. The number of hydrogen-bond donors (Lipinski definition) is 1. The second kappa shape index (κ2) is 12.8. The molecule has 0 radical (unpaired) electrons. The Labute approximate surface area is 234 Å². The van der Waals surface area contributed by atoms with Gasteiger partial charge in [0.1, 0.15) is 11.8 Å². The molecule has 5 rings (SSSR count). The Bertz CT molecular complexity index is 1400. The maximum Gasteiger partial charge on any atom is 0.261 e. The van der Waals surface area contributed by atoms with Crippen molar-refractivity contribution in [3.8, 4) is 5.75 Å². The highest BCUT2D eigenvalue weighted by molar-refractivity contribution is 6.30. The van der Waals surface area contributed by atoms with Crippen molar-refractivity contribution in [3.05, 3.63) is 113 Å². The number of nitrogens with one attached hydrogen (secondary N) is 1. The van der Waals surface area contributed by atoms with Crippen molar-refractivity contribution < 1.29 is 14.3 Å². The molecule has 0 aliphatic heterocycles. The molecule has 0 heterocycles. The van der Waals surface area contributed by atoms with Gasteiger partial charge in [-0.3, -0.25) is 9.59 Å². The van der Waals surface area contributed by atoms with Gasteiger partial charge in [-0.15, -0.1) is 0 Å². The van der Waals surface area contributed by atoms with Crippen LogP contribution in [0.25, 0.3) is 10.8 Å². The summed E-state index contributed by atoms with van der Waals surface area (Å²) in [4.78, 5) is 29.3. The molecule has 0 aromatic heterocycles. The van der Waals surface area contributed by atoms with Crippen LogP contribution in [0, 0.1) is 0 Å². The lowest BCUT2D eigenvalue weighted by atomic mass is 10.0. The van der Waals surface area contributed by atoms with Crippen LogP contribution in [-0.2, 0) is 22.6 Å². The van der Waals surface area contributed by atoms with Gasteiger partial charge in [-0.25, -0.2) is 0 Å². The minimum absolute atomic E-state index is 0.127. The Morgan fingerprint density at radius 2 is 1.54 bits per heavy atom. The highest BCUT2D eigenvalue weighted by Gasteiger charge is 2.32. The number of benzene rings is 4. The molecule has 1 atom stereocenters. The first-order valence-corrected chi connectivity index (χ1v) is 13.9. The van der Waals surface area contributed by atoms with Crippen LogP contribution < -0.4 is 10.1 Å². The summed E-state index contributed by atoms with van der Waals surface area (Å²) in [6.07, 6.45) is 4.58. The molecule has 1 saturated carbocycles. The highest BCUT2D eigenvalue weighted by Crippen LogP contribution is 2.26. The molecule has 0 bridgehead atoms. The fraction of sp³-hybridized carbons (Fsp3) is 0.273. The highest BCUT2D eigenvalue weighted by atomic mass is 35.5. The third kappa shape index (κ3) is 6.98. The van der Waals surface area contributed by atoms with Crippen LogP contribution in [0.4, 0.5) is 0 Å². The Balaban J connectivity index is 1.43. The van der Waals surface area contributed by atoms with Gasteiger partial charge in [0.2, 0.25) is 5.91 Å². The van der Waals surface area contributed by atoms with Crippen molar-refractivity contribution >= 4 is 34.2 Å². The molecule has 6 heteroatoms. The number of carbonyl (C=O) groups is 2. The van der Waals surface area contributed by atoms with Crippen LogP contribution in [0.3, 0.4) is 0 Å². The zero-order valence-electron chi connectivity index (χ0n) is 21.9. The maximum atomic E-state index is 13.9. The molecule has 1 aliphatic carbocycles. The standard InChI is InChI=1S/C33H33ClN2O3/c34-27-19-17-25(18-20-27)22-36(32(37)23-39-31-16-8-12-26-11-4-7-15-29(26)31)30(21-24-9-2-1-3-10-24)33(38)35-28-13-5-6-14-28/h1-4,7-12,15-20,28,30H,5-6,13-14,21-23H2,(H,35,38). The Morgan fingerprint density at radius 1 is 0.846 bits per heavy atom. The van der Waals surface area contributed by atoms with E-state index < -0.39 is 6.04 Å². The van der Waals surface area contributed by atoms with Gasteiger partial charge in [0, 0.05) is 29.4 Å². The molecule has 0 spiro atoms. The summed E-state index contributed by atoms with van der Waals surface area (Å²) in [5.74, 6) is 0.265. The summed E-state index contributed by atoms with van der Waals surface area (Å²) in [5, 5.41) is 5.84. The SMILES string of the molecule is O=C(NC1CCCC1)C(Cc1ccccc1)N(Cc1ccc(Cl)cc1)C(=O)COc1cccc2ccccc12. The predicted octanol–water partition coefficient (Wildman–Crippen LogP) is 6.57. The number of halogens is 1. The lowest BCUT2D eigenvalue weighted by Crippen LogP contribution is -2.53. The lowest BCUT2D eigenvalue weighted by molar-refractivity contribution is -0.143.